The first-order valence-corrected chi connectivity index (χ1v) is 5.73. The first-order chi connectivity index (χ1) is 7.93. The molecule has 1 heterocycles. The van der Waals surface area contributed by atoms with E-state index in [9.17, 15) is 5.11 Å². The highest BCUT2D eigenvalue weighted by Gasteiger charge is 2.31. The highest BCUT2D eigenvalue weighted by Crippen LogP contribution is 2.32. The Balaban J connectivity index is 2.61. The van der Waals surface area contributed by atoms with Gasteiger partial charge in [0, 0.05) is 12.4 Å². The van der Waals surface area contributed by atoms with Crippen molar-refractivity contribution in [2.45, 2.75) is 33.3 Å². The summed E-state index contributed by atoms with van der Waals surface area (Å²) in [6.07, 6.45) is 3.38. The number of hydrogen-bond donors (Lipinski definition) is 2. The van der Waals surface area contributed by atoms with E-state index < -0.39 is 5.60 Å². The Bertz CT molecular complexity index is 504. The summed E-state index contributed by atoms with van der Waals surface area (Å²) in [7, 11) is 0. The van der Waals surface area contributed by atoms with Gasteiger partial charge in [-0.15, -0.1) is 0 Å². The molecule has 0 saturated heterocycles. The third-order valence-corrected chi connectivity index (χ3v) is 3.12. The predicted octanol–water partition coefficient (Wildman–Crippen LogP) is 2.59. The van der Waals surface area contributed by atoms with Gasteiger partial charge in [-0.25, -0.2) is 4.98 Å². The maximum absolute atomic E-state index is 10.7. The van der Waals surface area contributed by atoms with Crippen LogP contribution < -0.4 is 0 Å². The van der Waals surface area contributed by atoms with Gasteiger partial charge in [0.25, 0.3) is 0 Å². The zero-order chi connectivity index (χ0) is 12.6. The van der Waals surface area contributed by atoms with Crippen LogP contribution in [-0.2, 0) is 5.60 Å². The van der Waals surface area contributed by atoms with Crippen molar-refractivity contribution in [1.29, 1.82) is 0 Å². The molecule has 1 unspecified atom stereocenters. The number of nitrogens with one attached hydrogen (secondary N) is 1. The van der Waals surface area contributed by atoms with Crippen LogP contribution in [-0.4, -0.2) is 15.1 Å². The second-order valence-electron chi connectivity index (χ2n) is 4.78. The number of aryl methyl sites for hydroxylation is 3. The average molecular weight is 230 g/mol. The Labute approximate surface area is 102 Å². The number of rotatable bonds is 2. The Morgan fingerprint density at radius 3 is 2.24 bits per heavy atom. The van der Waals surface area contributed by atoms with Crippen LogP contribution in [0.4, 0.5) is 0 Å². The van der Waals surface area contributed by atoms with Gasteiger partial charge in [0.2, 0.25) is 0 Å². The summed E-state index contributed by atoms with van der Waals surface area (Å²) in [6, 6.07) is 4.17. The van der Waals surface area contributed by atoms with Gasteiger partial charge in [-0.05, 0) is 44.4 Å². The third kappa shape index (κ3) is 1.98. The van der Waals surface area contributed by atoms with Crippen molar-refractivity contribution in [3.63, 3.8) is 0 Å². The summed E-state index contributed by atoms with van der Waals surface area (Å²) in [6.45, 7) is 7.88. The first kappa shape index (κ1) is 11.9. The predicted molar refractivity (Wildman–Crippen MR) is 67.9 cm³/mol. The molecule has 2 rings (SSSR count). The third-order valence-electron chi connectivity index (χ3n) is 3.12. The molecule has 0 bridgehead atoms. The van der Waals surface area contributed by atoms with E-state index in [-0.39, 0.29) is 0 Å². The minimum atomic E-state index is -1.08. The zero-order valence-corrected chi connectivity index (χ0v) is 10.7. The van der Waals surface area contributed by atoms with Crippen LogP contribution in [0.3, 0.4) is 0 Å². The summed E-state index contributed by atoms with van der Waals surface area (Å²) in [5, 5.41) is 10.7. The number of imidazole rings is 1. The number of H-pyrrole nitrogens is 1. The molecule has 1 aromatic carbocycles. The average Bonchev–Trinajstić information content (AvgIpc) is 2.67. The van der Waals surface area contributed by atoms with E-state index >= 15 is 0 Å². The molecule has 0 saturated carbocycles. The minimum Gasteiger partial charge on any atom is -0.377 e. The molecule has 0 aliphatic carbocycles. The van der Waals surface area contributed by atoms with Crippen molar-refractivity contribution < 1.29 is 5.11 Å². The monoisotopic (exact) mass is 230 g/mol. The molecule has 2 N–H and O–H groups in total. The fourth-order valence-corrected chi connectivity index (χ4v) is 2.60. The lowest BCUT2D eigenvalue weighted by Crippen LogP contribution is -2.27. The van der Waals surface area contributed by atoms with Crippen LogP contribution in [0.5, 0.6) is 0 Å². The fraction of sp³-hybridized carbons (Fsp3) is 0.357. The Kier molecular flexibility index (Phi) is 2.79. The van der Waals surface area contributed by atoms with Gasteiger partial charge >= 0.3 is 0 Å². The van der Waals surface area contributed by atoms with E-state index in [1.807, 2.05) is 13.8 Å². The zero-order valence-electron chi connectivity index (χ0n) is 10.7. The second kappa shape index (κ2) is 4.00. The molecule has 3 nitrogen and oxygen atoms in total. The quantitative estimate of drug-likeness (QED) is 0.833. The van der Waals surface area contributed by atoms with Gasteiger partial charge < -0.3 is 10.1 Å². The van der Waals surface area contributed by atoms with Crippen LogP contribution in [0.15, 0.2) is 24.5 Å². The van der Waals surface area contributed by atoms with Crippen LogP contribution in [0.1, 0.15) is 35.0 Å². The van der Waals surface area contributed by atoms with Gasteiger partial charge in [0.1, 0.15) is 11.4 Å². The van der Waals surface area contributed by atoms with Crippen molar-refractivity contribution in [1.82, 2.24) is 9.97 Å². The Morgan fingerprint density at radius 1 is 1.18 bits per heavy atom. The number of aromatic amines is 1. The summed E-state index contributed by atoms with van der Waals surface area (Å²) in [5.74, 6) is 0.576. The maximum atomic E-state index is 10.7. The largest absolute Gasteiger partial charge is 0.377 e. The van der Waals surface area contributed by atoms with Crippen molar-refractivity contribution in [2.24, 2.45) is 0 Å². The molecule has 2 aromatic rings. The van der Waals surface area contributed by atoms with Crippen LogP contribution >= 0.6 is 0 Å². The fourth-order valence-electron chi connectivity index (χ4n) is 2.60. The van der Waals surface area contributed by atoms with Crippen molar-refractivity contribution in [2.75, 3.05) is 0 Å². The Hall–Kier alpha value is -1.61. The van der Waals surface area contributed by atoms with E-state index in [0.29, 0.717) is 5.82 Å². The van der Waals surface area contributed by atoms with Crippen molar-refractivity contribution in [3.8, 4) is 0 Å². The van der Waals surface area contributed by atoms with E-state index in [1.54, 1.807) is 19.3 Å². The molecule has 1 atom stereocenters. The summed E-state index contributed by atoms with van der Waals surface area (Å²) in [4.78, 5) is 7.15. The van der Waals surface area contributed by atoms with Gasteiger partial charge in [0.15, 0.2) is 0 Å². The number of hydrogen-bond acceptors (Lipinski definition) is 2. The number of aliphatic hydroxyl groups is 1. The SMILES string of the molecule is Cc1cc(C)c(C(C)(O)c2ncc[nH]2)c(C)c1. The highest BCUT2D eigenvalue weighted by molar-refractivity contribution is 5.43. The van der Waals surface area contributed by atoms with Crippen LogP contribution in [0.25, 0.3) is 0 Å². The van der Waals surface area contributed by atoms with Crippen molar-refractivity contribution >= 4 is 0 Å². The molecular weight excluding hydrogens is 212 g/mol. The van der Waals surface area contributed by atoms with Gasteiger partial charge in [-0.1, -0.05) is 17.7 Å². The van der Waals surface area contributed by atoms with E-state index in [4.69, 9.17) is 0 Å². The lowest BCUT2D eigenvalue weighted by Gasteiger charge is -2.26. The molecule has 90 valence electrons. The summed E-state index contributed by atoms with van der Waals surface area (Å²) in [5.41, 5.74) is 3.23. The van der Waals surface area contributed by atoms with Crippen LogP contribution in [0.2, 0.25) is 0 Å². The topological polar surface area (TPSA) is 48.9 Å². The minimum absolute atomic E-state index is 0.576. The molecule has 0 spiro atoms. The van der Waals surface area contributed by atoms with Crippen LogP contribution in [0, 0.1) is 20.8 Å². The molecular formula is C14H18N2O. The standard InChI is InChI=1S/C14H18N2O/c1-9-7-10(2)12(11(3)8-9)14(4,17)13-15-5-6-16-13/h5-8,17H,1-4H3,(H,15,16). The van der Waals surface area contributed by atoms with Gasteiger partial charge in [0.05, 0.1) is 0 Å². The van der Waals surface area contributed by atoms with Crippen molar-refractivity contribution in [3.05, 3.63) is 52.6 Å². The molecule has 0 radical (unpaired) electrons. The molecule has 0 amide bonds. The lowest BCUT2D eigenvalue weighted by atomic mass is 9.86. The first-order valence-electron chi connectivity index (χ1n) is 5.73. The molecule has 0 fully saturated rings. The summed E-state index contributed by atoms with van der Waals surface area (Å²) < 4.78 is 0. The second-order valence-corrected chi connectivity index (χ2v) is 4.78. The normalized spacial score (nSPS) is 14.6. The molecule has 17 heavy (non-hydrogen) atoms. The highest BCUT2D eigenvalue weighted by atomic mass is 16.3. The molecule has 0 aliphatic heterocycles. The van der Waals surface area contributed by atoms with Gasteiger partial charge in [-0.2, -0.15) is 0 Å². The number of nitrogens with zero attached hydrogens (tertiary/aromatic N) is 1. The number of benzene rings is 1. The van der Waals surface area contributed by atoms with E-state index in [1.165, 1.54) is 5.56 Å². The molecule has 1 aromatic heterocycles. The summed E-state index contributed by atoms with van der Waals surface area (Å²) >= 11 is 0. The van der Waals surface area contributed by atoms with E-state index in [0.717, 1.165) is 16.7 Å². The molecule has 3 heteroatoms. The maximum Gasteiger partial charge on any atom is 0.145 e. The van der Waals surface area contributed by atoms with E-state index in [2.05, 4.69) is 29.0 Å². The smallest absolute Gasteiger partial charge is 0.145 e. The Morgan fingerprint density at radius 2 is 1.76 bits per heavy atom. The van der Waals surface area contributed by atoms with Gasteiger partial charge in [-0.3, -0.25) is 0 Å². The lowest BCUT2D eigenvalue weighted by molar-refractivity contribution is 0.0918. The number of aromatic nitrogens is 2. The molecule has 0 aliphatic rings.